The van der Waals surface area contributed by atoms with Crippen molar-refractivity contribution in [2.24, 2.45) is 5.73 Å². The van der Waals surface area contributed by atoms with Crippen molar-refractivity contribution < 1.29 is 9.53 Å². The number of hydrogen-bond donors (Lipinski definition) is 2. The molecule has 3 aromatic rings. The zero-order chi connectivity index (χ0) is 23.2. The van der Waals surface area contributed by atoms with Crippen LogP contribution in [0.2, 0.25) is 0 Å². The number of nitrogens with two attached hydrogens (primary N) is 1. The highest BCUT2D eigenvalue weighted by molar-refractivity contribution is 7.99. The number of nitrogens with one attached hydrogen (secondary N) is 1. The van der Waals surface area contributed by atoms with Crippen LogP contribution in [-0.2, 0) is 4.79 Å². The largest absolute Gasteiger partial charge is 0.434 e. The van der Waals surface area contributed by atoms with E-state index in [1.165, 1.54) is 11.8 Å². The van der Waals surface area contributed by atoms with Crippen molar-refractivity contribution in [2.75, 3.05) is 43.4 Å². The third-order valence-corrected chi connectivity index (χ3v) is 5.79. The fourth-order valence-corrected chi connectivity index (χ4v) is 3.85. The second-order valence-corrected chi connectivity index (χ2v) is 8.70. The fourth-order valence-electron chi connectivity index (χ4n) is 3.11. The molecule has 0 aromatic carbocycles. The molecule has 1 amide bonds. The van der Waals surface area contributed by atoms with Gasteiger partial charge in [-0.05, 0) is 50.0 Å². The van der Waals surface area contributed by atoms with Crippen molar-refractivity contribution in [1.82, 2.24) is 24.8 Å². The van der Waals surface area contributed by atoms with E-state index in [0.29, 0.717) is 33.3 Å². The molecular formula is C22H26N8O2S. The Balaban J connectivity index is 1.57. The summed E-state index contributed by atoms with van der Waals surface area (Å²) in [5.74, 6) is 1.83. The Morgan fingerprint density at radius 3 is 2.67 bits per heavy atom. The molecule has 10 nitrogen and oxygen atoms in total. The number of anilines is 2. The summed E-state index contributed by atoms with van der Waals surface area (Å²) in [6.45, 7) is 5.17. The lowest BCUT2D eigenvalue weighted by Crippen LogP contribution is -2.45. The Kier molecular flexibility index (Phi) is 7.33. The van der Waals surface area contributed by atoms with Crippen LogP contribution in [0.25, 0.3) is 0 Å². The SMILES string of the molecule is CC(N)C(=O)Nc1cccc(Sc2cnc(N3CCN(C)CC3)c(Oc3cccnc3)n2)n1. The molecule has 1 fully saturated rings. The van der Waals surface area contributed by atoms with Crippen LogP contribution in [0.3, 0.4) is 0 Å². The smallest absolute Gasteiger partial charge is 0.264 e. The first kappa shape index (κ1) is 22.9. The standard InChI is InChI=1S/C22H26N8O2S/c1-15(23)21(31)27-17-6-3-7-18(26-17)33-19-14-25-20(30-11-9-29(2)10-12-30)22(28-19)32-16-5-4-8-24-13-16/h3-8,13-15H,9-12,23H2,1-2H3,(H,26,27,31). The van der Waals surface area contributed by atoms with E-state index in [9.17, 15) is 4.79 Å². The molecule has 1 aliphatic rings. The summed E-state index contributed by atoms with van der Waals surface area (Å²) in [5, 5.41) is 3.98. The lowest BCUT2D eigenvalue weighted by atomic mass is 10.3. The molecule has 1 atom stereocenters. The topological polar surface area (TPSA) is 122 Å². The van der Waals surface area contributed by atoms with Gasteiger partial charge < -0.3 is 25.6 Å². The minimum Gasteiger partial charge on any atom is -0.434 e. The van der Waals surface area contributed by atoms with Gasteiger partial charge in [-0.3, -0.25) is 9.78 Å². The first-order valence-corrected chi connectivity index (χ1v) is 11.4. The molecule has 33 heavy (non-hydrogen) atoms. The Labute approximate surface area is 196 Å². The van der Waals surface area contributed by atoms with E-state index in [0.717, 1.165) is 26.2 Å². The lowest BCUT2D eigenvalue weighted by Gasteiger charge is -2.33. The van der Waals surface area contributed by atoms with Gasteiger partial charge in [-0.1, -0.05) is 6.07 Å². The summed E-state index contributed by atoms with van der Waals surface area (Å²) >= 11 is 1.33. The average molecular weight is 467 g/mol. The minimum absolute atomic E-state index is 0.298. The van der Waals surface area contributed by atoms with Crippen molar-refractivity contribution in [3.05, 3.63) is 48.9 Å². The predicted molar refractivity (Wildman–Crippen MR) is 127 cm³/mol. The predicted octanol–water partition coefficient (Wildman–Crippen LogP) is 2.25. The lowest BCUT2D eigenvalue weighted by molar-refractivity contribution is -0.117. The molecular weight excluding hydrogens is 440 g/mol. The van der Waals surface area contributed by atoms with E-state index in [1.54, 1.807) is 31.6 Å². The van der Waals surface area contributed by atoms with Crippen LogP contribution in [0.4, 0.5) is 11.6 Å². The summed E-state index contributed by atoms with van der Waals surface area (Å²) < 4.78 is 6.07. The Morgan fingerprint density at radius 2 is 1.94 bits per heavy atom. The van der Waals surface area contributed by atoms with Crippen molar-refractivity contribution in [1.29, 1.82) is 0 Å². The van der Waals surface area contributed by atoms with Crippen molar-refractivity contribution in [2.45, 2.75) is 23.0 Å². The van der Waals surface area contributed by atoms with E-state index in [2.05, 4.69) is 37.1 Å². The van der Waals surface area contributed by atoms with Gasteiger partial charge in [0.25, 0.3) is 5.88 Å². The van der Waals surface area contributed by atoms with Crippen LogP contribution in [0.1, 0.15) is 6.92 Å². The van der Waals surface area contributed by atoms with Gasteiger partial charge in [-0.2, -0.15) is 0 Å². The molecule has 4 heterocycles. The normalized spacial score (nSPS) is 15.2. The third-order valence-electron chi connectivity index (χ3n) is 4.95. The maximum Gasteiger partial charge on any atom is 0.264 e. The van der Waals surface area contributed by atoms with Crippen LogP contribution in [0, 0.1) is 0 Å². The number of likely N-dealkylation sites (N-methyl/N-ethyl adjacent to an activating group) is 1. The van der Waals surface area contributed by atoms with Gasteiger partial charge >= 0.3 is 0 Å². The quantitative estimate of drug-likeness (QED) is 0.536. The first-order valence-electron chi connectivity index (χ1n) is 10.6. The van der Waals surface area contributed by atoms with Gasteiger partial charge in [-0.15, -0.1) is 0 Å². The van der Waals surface area contributed by atoms with Gasteiger partial charge in [0.05, 0.1) is 18.4 Å². The number of aromatic nitrogens is 4. The molecule has 3 N–H and O–H groups in total. The van der Waals surface area contributed by atoms with E-state index >= 15 is 0 Å². The number of nitrogens with zero attached hydrogens (tertiary/aromatic N) is 6. The Hall–Kier alpha value is -3.28. The number of amides is 1. The second-order valence-electron chi connectivity index (χ2n) is 7.66. The number of piperazine rings is 1. The van der Waals surface area contributed by atoms with E-state index in [-0.39, 0.29) is 5.91 Å². The molecule has 1 unspecified atom stereocenters. The summed E-state index contributed by atoms with van der Waals surface area (Å²) in [6, 6.07) is 8.37. The molecule has 1 aliphatic heterocycles. The summed E-state index contributed by atoms with van der Waals surface area (Å²) in [4.78, 5) is 34.3. The summed E-state index contributed by atoms with van der Waals surface area (Å²) in [6.07, 6.45) is 5.04. The molecule has 0 spiro atoms. The highest BCUT2D eigenvalue weighted by Crippen LogP contribution is 2.33. The van der Waals surface area contributed by atoms with E-state index in [4.69, 9.17) is 15.5 Å². The van der Waals surface area contributed by atoms with Crippen LogP contribution in [-0.4, -0.2) is 70.0 Å². The van der Waals surface area contributed by atoms with Gasteiger partial charge in [0.2, 0.25) is 5.91 Å². The number of carbonyl (C=O) groups excluding carboxylic acids is 1. The Bertz CT molecular complexity index is 1090. The zero-order valence-electron chi connectivity index (χ0n) is 18.5. The molecule has 1 saturated heterocycles. The molecule has 0 bridgehead atoms. The molecule has 0 saturated carbocycles. The number of carbonyl (C=O) groups is 1. The fraction of sp³-hybridized carbons (Fsp3) is 0.318. The summed E-state index contributed by atoms with van der Waals surface area (Å²) in [7, 11) is 2.10. The maximum absolute atomic E-state index is 11.9. The molecule has 4 rings (SSSR count). The number of pyridine rings is 2. The van der Waals surface area contributed by atoms with Crippen LogP contribution in [0.15, 0.2) is 59.0 Å². The van der Waals surface area contributed by atoms with Crippen LogP contribution in [0.5, 0.6) is 11.6 Å². The minimum atomic E-state index is -0.622. The van der Waals surface area contributed by atoms with Gasteiger partial charge in [0.1, 0.15) is 21.6 Å². The van der Waals surface area contributed by atoms with Crippen molar-refractivity contribution >= 4 is 29.3 Å². The zero-order valence-corrected chi connectivity index (χ0v) is 19.3. The molecule has 172 valence electrons. The average Bonchev–Trinajstić information content (AvgIpc) is 2.81. The first-order chi connectivity index (χ1) is 16.0. The molecule has 0 aliphatic carbocycles. The second kappa shape index (κ2) is 10.6. The highest BCUT2D eigenvalue weighted by Gasteiger charge is 2.21. The number of ether oxygens (including phenoxy) is 1. The van der Waals surface area contributed by atoms with Gasteiger partial charge in [-0.25, -0.2) is 15.0 Å². The van der Waals surface area contributed by atoms with Gasteiger partial charge in [0, 0.05) is 32.4 Å². The molecule has 11 heteroatoms. The number of hydrogen-bond acceptors (Lipinski definition) is 10. The maximum atomic E-state index is 11.9. The highest BCUT2D eigenvalue weighted by atomic mass is 32.2. The molecule has 3 aromatic heterocycles. The van der Waals surface area contributed by atoms with Crippen LogP contribution < -0.4 is 20.7 Å². The van der Waals surface area contributed by atoms with Crippen molar-refractivity contribution in [3.8, 4) is 11.6 Å². The number of rotatable bonds is 7. The van der Waals surface area contributed by atoms with Crippen molar-refractivity contribution in [3.63, 3.8) is 0 Å². The Morgan fingerprint density at radius 1 is 1.12 bits per heavy atom. The van der Waals surface area contributed by atoms with Gasteiger partial charge in [0.15, 0.2) is 5.82 Å². The van der Waals surface area contributed by atoms with Crippen LogP contribution >= 0.6 is 11.8 Å². The van der Waals surface area contributed by atoms with E-state index < -0.39 is 6.04 Å². The van der Waals surface area contributed by atoms with E-state index in [1.807, 2.05) is 24.3 Å². The monoisotopic (exact) mass is 466 g/mol. The molecule has 0 radical (unpaired) electrons. The third kappa shape index (κ3) is 6.15. The summed E-state index contributed by atoms with van der Waals surface area (Å²) in [5.41, 5.74) is 5.62.